The number of piperazine rings is 1. The molecule has 2 amide bonds. The van der Waals surface area contributed by atoms with Crippen LogP contribution in [0.1, 0.15) is 23.5 Å². The van der Waals surface area contributed by atoms with Crippen LogP contribution in [-0.2, 0) is 4.79 Å². The fourth-order valence-corrected chi connectivity index (χ4v) is 2.93. The molecule has 0 spiro atoms. The smallest absolute Gasteiger partial charge is 0.268 e. The minimum atomic E-state index is -0.481. The number of carbonyl (C=O) groups excluding carboxylic acids is 2. The van der Waals surface area contributed by atoms with Crippen molar-refractivity contribution in [1.82, 2.24) is 15.2 Å². The lowest BCUT2D eigenvalue weighted by Crippen LogP contribution is -2.55. The Balaban J connectivity index is 2.24. The van der Waals surface area contributed by atoms with Gasteiger partial charge in [-0.15, -0.1) is 0 Å². The number of nitrogens with two attached hydrogens (primary N) is 1. The van der Waals surface area contributed by atoms with Crippen LogP contribution in [0.5, 0.6) is 0 Å². The summed E-state index contributed by atoms with van der Waals surface area (Å²) in [6, 6.07) is -0.481. The van der Waals surface area contributed by atoms with E-state index in [2.05, 4.69) is 10.3 Å². The van der Waals surface area contributed by atoms with Crippen LogP contribution in [0.2, 0.25) is 0 Å². The van der Waals surface area contributed by atoms with Crippen LogP contribution in [0.15, 0.2) is 0 Å². The number of hydrogen-bond acceptors (Lipinski definition) is 6. The number of amides is 2. The lowest BCUT2D eigenvalue weighted by Gasteiger charge is -2.32. The van der Waals surface area contributed by atoms with Gasteiger partial charge in [-0.05, 0) is 13.8 Å². The molecule has 0 radical (unpaired) electrons. The Labute approximate surface area is 121 Å². The molecule has 110 valence electrons. The molecule has 0 aliphatic carbocycles. The molecule has 7 nitrogen and oxygen atoms in total. The Morgan fingerprint density at radius 1 is 1.65 bits per heavy atom. The fraction of sp³-hybridized carbons (Fsp3) is 0.583. The Morgan fingerprint density at radius 2 is 2.35 bits per heavy atom. The van der Waals surface area contributed by atoms with E-state index in [1.807, 2.05) is 18.9 Å². The summed E-state index contributed by atoms with van der Waals surface area (Å²) >= 11 is 1.26. The van der Waals surface area contributed by atoms with E-state index in [1.54, 1.807) is 11.8 Å². The first-order valence-corrected chi connectivity index (χ1v) is 7.33. The minimum absolute atomic E-state index is 0.140. The van der Waals surface area contributed by atoms with Gasteiger partial charge in [-0.2, -0.15) is 0 Å². The summed E-state index contributed by atoms with van der Waals surface area (Å²) in [5.41, 5.74) is 5.85. The molecule has 3 N–H and O–H groups in total. The average molecular weight is 297 g/mol. The minimum Gasteiger partial charge on any atom is -0.382 e. The highest BCUT2D eigenvalue weighted by atomic mass is 32.1. The second-order valence-corrected chi connectivity index (χ2v) is 5.67. The summed E-state index contributed by atoms with van der Waals surface area (Å²) in [6.07, 6.45) is 0. The maximum atomic E-state index is 12.5. The third-order valence-corrected chi connectivity index (χ3v) is 4.57. The van der Waals surface area contributed by atoms with Crippen molar-refractivity contribution in [2.24, 2.45) is 0 Å². The standard InChI is InChI=1S/C12H19N5O2S/c1-4-16(3)12-15-9(13)8(20-12)11(19)17-6-5-14-10(18)7(17)2/h7H,4-6,13H2,1-3H3,(H,14,18). The Kier molecular flexibility index (Phi) is 4.12. The summed E-state index contributed by atoms with van der Waals surface area (Å²) in [5.74, 6) is -0.134. The number of aromatic nitrogens is 1. The molecule has 0 aromatic carbocycles. The maximum absolute atomic E-state index is 12.5. The Morgan fingerprint density at radius 3 is 3.00 bits per heavy atom. The van der Waals surface area contributed by atoms with Crippen molar-refractivity contribution in [1.29, 1.82) is 0 Å². The number of rotatable bonds is 3. The Bertz CT molecular complexity index is 530. The molecule has 1 atom stereocenters. The van der Waals surface area contributed by atoms with Crippen LogP contribution in [0.3, 0.4) is 0 Å². The predicted octanol–water partition coefficient (Wildman–Crippen LogP) is 0.142. The molecule has 0 saturated carbocycles. The molecule has 2 heterocycles. The van der Waals surface area contributed by atoms with Gasteiger partial charge in [0, 0.05) is 26.7 Å². The van der Waals surface area contributed by atoms with Crippen molar-refractivity contribution in [3.63, 3.8) is 0 Å². The first-order valence-electron chi connectivity index (χ1n) is 6.51. The Hall–Kier alpha value is -1.83. The number of carbonyl (C=O) groups is 2. The van der Waals surface area contributed by atoms with Crippen LogP contribution in [0, 0.1) is 0 Å². The SMILES string of the molecule is CCN(C)c1nc(N)c(C(=O)N2CCNC(=O)C2C)s1. The molecular formula is C12H19N5O2S. The molecule has 1 saturated heterocycles. The van der Waals surface area contributed by atoms with Gasteiger partial charge in [0.15, 0.2) is 5.13 Å². The summed E-state index contributed by atoms with van der Waals surface area (Å²) in [4.78, 5) is 32.2. The number of thiazole rings is 1. The van der Waals surface area contributed by atoms with Crippen molar-refractivity contribution in [2.75, 3.05) is 37.3 Å². The molecule has 1 aromatic rings. The second kappa shape index (κ2) is 5.66. The molecule has 0 bridgehead atoms. The lowest BCUT2D eigenvalue weighted by molar-refractivity contribution is -0.127. The number of hydrogen-bond donors (Lipinski definition) is 2. The van der Waals surface area contributed by atoms with Gasteiger partial charge in [0.2, 0.25) is 5.91 Å². The molecular weight excluding hydrogens is 278 g/mol. The van der Waals surface area contributed by atoms with E-state index < -0.39 is 6.04 Å². The van der Waals surface area contributed by atoms with Crippen molar-refractivity contribution < 1.29 is 9.59 Å². The van der Waals surface area contributed by atoms with E-state index in [-0.39, 0.29) is 17.6 Å². The molecule has 8 heteroatoms. The zero-order valence-corrected chi connectivity index (χ0v) is 12.7. The first-order chi connectivity index (χ1) is 9.45. The monoisotopic (exact) mass is 297 g/mol. The van der Waals surface area contributed by atoms with Crippen LogP contribution in [0.25, 0.3) is 0 Å². The second-order valence-electron chi connectivity index (χ2n) is 4.69. The van der Waals surface area contributed by atoms with Crippen LogP contribution in [0.4, 0.5) is 10.9 Å². The number of anilines is 2. The van der Waals surface area contributed by atoms with E-state index in [9.17, 15) is 9.59 Å². The van der Waals surface area contributed by atoms with E-state index in [0.29, 0.717) is 23.1 Å². The zero-order valence-electron chi connectivity index (χ0n) is 11.8. The van der Waals surface area contributed by atoms with Crippen molar-refractivity contribution in [2.45, 2.75) is 19.9 Å². The van der Waals surface area contributed by atoms with E-state index >= 15 is 0 Å². The fourth-order valence-electron chi connectivity index (χ4n) is 1.96. The number of nitrogens with zero attached hydrogens (tertiary/aromatic N) is 3. The summed E-state index contributed by atoms with van der Waals surface area (Å²) in [5, 5.41) is 3.44. The summed E-state index contributed by atoms with van der Waals surface area (Å²) < 4.78 is 0. The third-order valence-electron chi connectivity index (χ3n) is 3.40. The number of nitrogens with one attached hydrogen (secondary N) is 1. The van der Waals surface area contributed by atoms with E-state index in [1.165, 1.54) is 11.3 Å². The van der Waals surface area contributed by atoms with Gasteiger partial charge in [0.1, 0.15) is 16.7 Å². The van der Waals surface area contributed by atoms with Gasteiger partial charge in [-0.1, -0.05) is 11.3 Å². The van der Waals surface area contributed by atoms with Gasteiger partial charge in [-0.3, -0.25) is 9.59 Å². The largest absolute Gasteiger partial charge is 0.382 e. The number of nitrogen functional groups attached to an aromatic ring is 1. The van der Waals surface area contributed by atoms with Crippen LogP contribution >= 0.6 is 11.3 Å². The van der Waals surface area contributed by atoms with Crippen LogP contribution < -0.4 is 16.0 Å². The van der Waals surface area contributed by atoms with Gasteiger partial charge >= 0.3 is 0 Å². The van der Waals surface area contributed by atoms with Gasteiger partial charge in [-0.25, -0.2) is 4.98 Å². The van der Waals surface area contributed by atoms with Crippen molar-refractivity contribution >= 4 is 34.1 Å². The third kappa shape index (κ3) is 2.55. The van der Waals surface area contributed by atoms with Gasteiger partial charge in [0.25, 0.3) is 5.91 Å². The zero-order chi connectivity index (χ0) is 14.9. The molecule has 1 aliphatic heterocycles. The highest BCUT2D eigenvalue weighted by molar-refractivity contribution is 7.18. The van der Waals surface area contributed by atoms with Crippen molar-refractivity contribution in [3.05, 3.63) is 4.88 Å². The molecule has 1 unspecified atom stereocenters. The van der Waals surface area contributed by atoms with Gasteiger partial charge in [0.05, 0.1) is 0 Å². The van der Waals surface area contributed by atoms with Crippen LogP contribution in [-0.4, -0.2) is 54.4 Å². The molecule has 1 aromatic heterocycles. The normalized spacial score (nSPS) is 18.9. The quantitative estimate of drug-likeness (QED) is 0.828. The molecule has 20 heavy (non-hydrogen) atoms. The predicted molar refractivity (Wildman–Crippen MR) is 79.0 cm³/mol. The highest BCUT2D eigenvalue weighted by Gasteiger charge is 2.32. The molecule has 2 rings (SSSR count). The maximum Gasteiger partial charge on any atom is 0.268 e. The topological polar surface area (TPSA) is 91.6 Å². The molecule has 1 fully saturated rings. The summed E-state index contributed by atoms with van der Waals surface area (Å²) in [6.45, 7) is 5.44. The lowest BCUT2D eigenvalue weighted by atomic mass is 10.2. The van der Waals surface area contributed by atoms with Crippen molar-refractivity contribution in [3.8, 4) is 0 Å². The van der Waals surface area contributed by atoms with E-state index in [0.717, 1.165) is 6.54 Å². The van der Waals surface area contributed by atoms with E-state index in [4.69, 9.17) is 5.73 Å². The first kappa shape index (κ1) is 14.6. The average Bonchev–Trinajstić information content (AvgIpc) is 2.82. The van der Waals surface area contributed by atoms with Gasteiger partial charge < -0.3 is 20.9 Å². The molecule has 1 aliphatic rings. The summed E-state index contributed by atoms with van der Waals surface area (Å²) in [7, 11) is 1.89. The highest BCUT2D eigenvalue weighted by Crippen LogP contribution is 2.29.